The Morgan fingerprint density at radius 2 is 2.00 bits per heavy atom. The number of benzene rings is 1. The number of thioether (sulfide) groups is 1. The van der Waals surface area contributed by atoms with Gasteiger partial charge in [0, 0.05) is 6.54 Å². The van der Waals surface area contributed by atoms with Gasteiger partial charge in [0.25, 0.3) is 0 Å². The maximum Gasteiger partial charge on any atom is 0.239 e. The van der Waals surface area contributed by atoms with Crippen molar-refractivity contribution in [1.29, 1.82) is 0 Å². The van der Waals surface area contributed by atoms with Crippen LogP contribution in [0.25, 0.3) is 0 Å². The Labute approximate surface area is 106 Å². The van der Waals surface area contributed by atoms with Crippen LogP contribution in [-0.4, -0.2) is 28.3 Å². The van der Waals surface area contributed by atoms with E-state index in [1.165, 1.54) is 17.3 Å². The molecule has 0 bridgehead atoms. The standard InChI is InChI=1S/C13H16N2OS/c1-3-10-5-7-11(8-6-10)14-13-15(4-2)12(16)9-17-13/h5-8H,3-4,9H2,1-2H3. The van der Waals surface area contributed by atoms with Crippen LogP contribution in [0, 0.1) is 0 Å². The first-order valence-electron chi connectivity index (χ1n) is 5.85. The highest BCUT2D eigenvalue weighted by atomic mass is 32.2. The van der Waals surface area contributed by atoms with Crippen molar-refractivity contribution in [1.82, 2.24) is 4.90 Å². The Morgan fingerprint density at radius 1 is 1.29 bits per heavy atom. The minimum absolute atomic E-state index is 0.154. The Balaban J connectivity index is 2.20. The molecule has 0 aromatic heterocycles. The highest BCUT2D eigenvalue weighted by Gasteiger charge is 2.26. The van der Waals surface area contributed by atoms with Crippen LogP contribution >= 0.6 is 11.8 Å². The van der Waals surface area contributed by atoms with E-state index < -0.39 is 0 Å². The summed E-state index contributed by atoms with van der Waals surface area (Å²) < 4.78 is 0. The van der Waals surface area contributed by atoms with Crippen LogP contribution < -0.4 is 0 Å². The summed E-state index contributed by atoms with van der Waals surface area (Å²) in [7, 11) is 0. The van der Waals surface area contributed by atoms with Gasteiger partial charge in [0.2, 0.25) is 5.91 Å². The minimum atomic E-state index is 0.154. The van der Waals surface area contributed by atoms with Gasteiger partial charge in [-0.15, -0.1) is 0 Å². The van der Waals surface area contributed by atoms with Gasteiger partial charge >= 0.3 is 0 Å². The van der Waals surface area contributed by atoms with E-state index in [1.54, 1.807) is 4.90 Å². The van der Waals surface area contributed by atoms with Crippen molar-refractivity contribution >= 4 is 28.5 Å². The molecule has 17 heavy (non-hydrogen) atoms. The highest BCUT2D eigenvalue weighted by Crippen LogP contribution is 2.23. The monoisotopic (exact) mass is 248 g/mol. The van der Waals surface area contributed by atoms with Gasteiger partial charge in [-0.2, -0.15) is 0 Å². The van der Waals surface area contributed by atoms with Crippen molar-refractivity contribution in [3.8, 4) is 0 Å². The zero-order valence-electron chi connectivity index (χ0n) is 10.1. The molecule has 1 aromatic carbocycles. The molecule has 1 aliphatic rings. The zero-order chi connectivity index (χ0) is 12.3. The van der Waals surface area contributed by atoms with E-state index in [1.807, 2.05) is 19.1 Å². The fourth-order valence-electron chi connectivity index (χ4n) is 1.71. The van der Waals surface area contributed by atoms with Crippen LogP contribution in [0.3, 0.4) is 0 Å². The number of aryl methyl sites for hydroxylation is 1. The van der Waals surface area contributed by atoms with Gasteiger partial charge in [0.05, 0.1) is 11.4 Å². The quantitative estimate of drug-likeness (QED) is 0.824. The summed E-state index contributed by atoms with van der Waals surface area (Å²) in [6, 6.07) is 8.17. The molecule has 0 unspecified atom stereocenters. The number of amidine groups is 1. The largest absolute Gasteiger partial charge is 0.291 e. The van der Waals surface area contributed by atoms with Gasteiger partial charge < -0.3 is 0 Å². The second kappa shape index (κ2) is 5.36. The van der Waals surface area contributed by atoms with Crippen molar-refractivity contribution < 1.29 is 4.79 Å². The summed E-state index contributed by atoms with van der Waals surface area (Å²) in [5.41, 5.74) is 2.22. The number of aliphatic imine (C=N–C) groups is 1. The molecule has 1 aliphatic heterocycles. The lowest BCUT2D eigenvalue weighted by Gasteiger charge is -2.12. The molecule has 1 heterocycles. The van der Waals surface area contributed by atoms with E-state index in [4.69, 9.17) is 0 Å². The second-order valence-electron chi connectivity index (χ2n) is 3.84. The van der Waals surface area contributed by atoms with Crippen molar-refractivity contribution in [3.63, 3.8) is 0 Å². The number of amides is 1. The average molecular weight is 248 g/mol. The third kappa shape index (κ3) is 2.69. The second-order valence-corrected chi connectivity index (χ2v) is 4.78. The third-order valence-corrected chi connectivity index (χ3v) is 3.70. The Kier molecular flexibility index (Phi) is 3.84. The van der Waals surface area contributed by atoms with Gasteiger partial charge in [-0.1, -0.05) is 30.8 Å². The lowest BCUT2D eigenvalue weighted by molar-refractivity contribution is -0.123. The molecule has 1 fully saturated rings. The molecule has 1 aromatic rings. The zero-order valence-corrected chi connectivity index (χ0v) is 11.0. The molecule has 1 saturated heterocycles. The molecule has 90 valence electrons. The van der Waals surface area contributed by atoms with Crippen LogP contribution in [-0.2, 0) is 11.2 Å². The van der Waals surface area contributed by atoms with Crippen molar-refractivity contribution in [3.05, 3.63) is 29.8 Å². The Bertz CT molecular complexity index is 439. The van der Waals surface area contributed by atoms with Gasteiger partial charge in [-0.25, -0.2) is 4.99 Å². The first-order valence-corrected chi connectivity index (χ1v) is 6.84. The Hall–Kier alpha value is -1.29. The number of carbonyl (C=O) groups excluding carboxylic acids is 1. The van der Waals surface area contributed by atoms with Crippen molar-refractivity contribution in [2.24, 2.45) is 4.99 Å². The van der Waals surface area contributed by atoms with E-state index in [2.05, 4.69) is 24.0 Å². The predicted octanol–water partition coefficient (Wildman–Crippen LogP) is 2.83. The normalized spacial score (nSPS) is 18.1. The number of nitrogens with zero attached hydrogens (tertiary/aromatic N) is 2. The summed E-state index contributed by atoms with van der Waals surface area (Å²) in [6.45, 7) is 4.79. The smallest absolute Gasteiger partial charge is 0.239 e. The van der Waals surface area contributed by atoms with Gasteiger partial charge in [-0.3, -0.25) is 9.69 Å². The minimum Gasteiger partial charge on any atom is -0.291 e. The van der Waals surface area contributed by atoms with Crippen LogP contribution in [0.5, 0.6) is 0 Å². The first kappa shape index (κ1) is 12.2. The van der Waals surface area contributed by atoms with Crippen LogP contribution in [0.15, 0.2) is 29.3 Å². The summed E-state index contributed by atoms with van der Waals surface area (Å²) in [5.74, 6) is 0.668. The lowest BCUT2D eigenvalue weighted by atomic mass is 10.2. The summed E-state index contributed by atoms with van der Waals surface area (Å²) in [6.07, 6.45) is 1.03. The van der Waals surface area contributed by atoms with Gasteiger partial charge in [0.15, 0.2) is 5.17 Å². The molecule has 0 N–H and O–H groups in total. The maximum atomic E-state index is 11.5. The first-order chi connectivity index (χ1) is 8.24. The summed E-state index contributed by atoms with van der Waals surface area (Å²) in [5, 5.41) is 0.821. The number of hydrogen-bond acceptors (Lipinski definition) is 3. The van der Waals surface area contributed by atoms with Gasteiger partial charge in [0.1, 0.15) is 0 Å². The Morgan fingerprint density at radius 3 is 2.59 bits per heavy atom. The molecule has 0 spiro atoms. The van der Waals surface area contributed by atoms with Crippen molar-refractivity contribution in [2.45, 2.75) is 20.3 Å². The fraction of sp³-hybridized carbons (Fsp3) is 0.385. The fourth-order valence-corrected chi connectivity index (χ4v) is 2.67. The molecule has 1 amide bonds. The maximum absolute atomic E-state index is 11.5. The molecular weight excluding hydrogens is 232 g/mol. The number of carbonyl (C=O) groups is 1. The molecule has 0 atom stereocenters. The lowest BCUT2D eigenvalue weighted by Crippen LogP contribution is -2.28. The van der Waals surface area contributed by atoms with E-state index >= 15 is 0 Å². The predicted molar refractivity (Wildman–Crippen MR) is 72.8 cm³/mol. The van der Waals surface area contributed by atoms with Crippen LogP contribution in [0.2, 0.25) is 0 Å². The summed E-state index contributed by atoms with van der Waals surface area (Å²) >= 11 is 1.51. The molecular formula is C13H16N2OS. The van der Waals surface area contributed by atoms with Crippen LogP contribution in [0.1, 0.15) is 19.4 Å². The van der Waals surface area contributed by atoms with Crippen molar-refractivity contribution in [2.75, 3.05) is 12.3 Å². The van der Waals surface area contributed by atoms with Crippen LogP contribution in [0.4, 0.5) is 5.69 Å². The van der Waals surface area contributed by atoms with E-state index in [0.717, 1.165) is 17.3 Å². The van der Waals surface area contributed by atoms with E-state index in [9.17, 15) is 4.79 Å². The number of rotatable bonds is 3. The molecule has 0 radical (unpaired) electrons. The molecule has 0 saturated carbocycles. The molecule has 4 heteroatoms. The summed E-state index contributed by atoms with van der Waals surface area (Å²) in [4.78, 5) is 17.8. The molecule has 2 rings (SSSR count). The topological polar surface area (TPSA) is 32.7 Å². The number of hydrogen-bond donors (Lipinski definition) is 0. The van der Waals surface area contributed by atoms with Gasteiger partial charge in [-0.05, 0) is 31.0 Å². The molecule has 0 aliphatic carbocycles. The highest BCUT2D eigenvalue weighted by molar-refractivity contribution is 8.15. The molecule has 3 nitrogen and oxygen atoms in total. The van der Waals surface area contributed by atoms with E-state index in [-0.39, 0.29) is 5.91 Å². The SMILES string of the molecule is CCc1ccc(N=C2SCC(=O)N2CC)cc1. The average Bonchev–Trinajstić information content (AvgIpc) is 2.71. The van der Waals surface area contributed by atoms with E-state index in [0.29, 0.717) is 12.3 Å². The third-order valence-electron chi connectivity index (χ3n) is 2.74.